The number of nitrogens with zero attached hydrogens (tertiary/aromatic N) is 4. The zero-order valence-electron chi connectivity index (χ0n) is 23.3. The second kappa shape index (κ2) is 15.5. The number of carboxylic acids is 3. The van der Waals surface area contributed by atoms with Gasteiger partial charge in [0, 0.05) is 45.5 Å². The van der Waals surface area contributed by atoms with Gasteiger partial charge in [0.1, 0.15) is 11.5 Å². The Labute approximate surface area is 249 Å². The van der Waals surface area contributed by atoms with E-state index in [0.29, 0.717) is 6.04 Å². The van der Waals surface area contributed by atoms with Crippen molar-refractivity contribution in [3.8, 4) is 0 Å². The van der Waals surface area contributed by atoms with Gasteiger partial charge in [-0.05, 0) is 43.7 Å². The summed E-state index contributed by atoms with van der Waals surface area (Å²) in [7, 11) is 0. The summed E-state index contributed by atoms with van der Waals surface area (Å²) in [6.45, 7) is 6.87. The minimum Gasteiger partial charge on any atom is -0.475 e. The molecule has 11 nitrogen and oxygen atoms in total. The smallest absolute Gasteiger partial charge is 0.475 e. The number of fused-ring (bicyclic) bond motifs is 1. The molecule has 1 saturated carbocycles. The van der Waals surface area contributed by atoms with E-state index in [-0.39, 0.29) is 0 Å². The first-order valence-corrected chi connectivity index (χ1v) is 13.3. The summed E-state index contributed by atoms with van der Waals surface area (Å²) in [6, 6.07) is 6.96. The van der Waals surface area contributed by atoms with Gasteiger partial charge in [-0.2, -0.15) is 39.5 Å². The molecule has 5 rings (SSSR count). The molecule has 0 amide bonds. The minimum absolute atomic E-state index is 0.422. The molecule has 0 spiro atoms. The number of aliphatic carboxylic acids is 3. The lowest BCUT2D eigenvalue weighted by atomic mass is 10.1. The minimum atomic E-state index is -5.08. The third-order valence-electron chi connectivity index (χ3n) is 6.53. The number of hydrogen-bond donors (Lipinski definition) is 4. The van der Waals surface area contributed by atoms with Crippen molar-refractivity contribution in [1.29, 1.82) is 0 Å². The number of piperazine rings is 1. The number of imidazole rings is 1. The lowest BCUT2D eigenvalue weighted by Gasteiger charge is -2.35. The van der Waals surface area contributed by atoms with Gasteiger partial charge < -0.3 is 25.5 Å². The molecule has 4 N–H and O–H groups in total. The van der Waals surface area contributed by atoms with E-state index in [1.807, 2.05) is 0 Å². The molecule has 45 heavy (non-hydrogen) atoms. The van der Waals surface area contributed by atoms with Crippen LogP contribution in [0.4, 0.5) is 45.3 Å². The Morgan fingerprint density at radius 3 is 1.76 bits per heavy atom. The molecule has 1 atom stereocenters. The molecule has 2 aromatic heterocycles. The molecule has 1 aliphatic carbocycles. The van der Waals surface area contributed by atoms with E-state index in [1.54, 1.807) is 0 Å². The molecule has 3 aliphatic rings. The highest BCUT2D eigenvalue weighted by atomic mass is 19.4. The summed E-state index contributed by atoms with van der Waals surface area (Å²) in [4.78, 5) is 36.8. The molecule has 254 valence electrons. The molecule has 1 unspecified atom stereocenters. The van der Waals surface area contributed by atoms with E-state index >= 15 is 0 Å². The van der Waals surface area contributed by atoms with Crippen molar-refractivity contribution in [2.75, 3.05) is 44.2 Å². The predicted molar refractivity (Wildman–Crippen MR) is 138 cm³/mol. The van der Waals surface area contributed by atoms with E-state index in [2.05, 4.69) is 43.9 Å². The zero-order valence-corrected chi connectivity index (χ0v) is 23.3. The molecular formula is C25H30F9N5O6. The standard InChI is InChI=1S/C19H27N5.3C2HF3O2/c1-2-10-22(9-1)19-5-3-4-18-21-16(14-24(18)19)17-12-20-8-11-23(17)13-15-6-7-15;3*3-2(4,5)1(6)7/h3-5,14-15,17,20H,1-2,6-13H2;3*(H,6,7). The van der Waals surface area contributed by atoms with Crippen LogP contribution in [-0.2, 0) is 14.4 Å². The van der Waals surface area contributed by atoms with Gasteiger partial charge in [0.2, 0.25) is 0 Å². The van der Waals surface area contributed by atoms with Crippen molar-refractivity contribution in [2.24, 2.45) is 5.92 Å². The Kier molecular flexibility index (Phi) is 12.8. The van der Waals surface area contributed by atoms with Gasteiger partial charge in [-0.25, -0.2) is 19.4 Å². The van der Waals surface area contributed by atoms with Crippen molar-refractivity contribution < 1.29 is 69.2 Å². The van der Waals surface area contributed by atoms with Gasteiger partial charge >= 0.3 is 36.4 Å². The fourth-order valence-corrected chi connectivity index (χ4v) is 4.27. The number of halogens is 9. The van der Waals surface area contributed by atoms with E-state index < -0.39 is 36.4 Å². The fourth-order valence-electron chi connectivity index (χ4n) is 4.27. The number of rotatable bonds is 4. The van der Waals surface area contributed by atoms with Crippen molar-refractivity contribution in [1.82, 2.24) is 19.6 Å². The molecule has 0 aromatic carbocycles. The Morgan fingerprint density at radius 1 is 0.822 bits per heavy atom. The fraction of sp³-hybridized carbons (Fsp3) is 0.600. The van der Waals surface area contributed by atoms with Gasteiger partial charge in [0.15, 0.2) is 0 Å². The normalized spacial score (nSPS) is 19.0. The highest BCUT2D eigenvalue weighted by Crippen LogP contribution is 2.33. The molecule has 0 bridgehead atoms. The van der Waals surface area contributed by atoms with Crippen LogP contribution in [0.1, 0.15) is 37.4 Å². The predicted octanol–water partition coefficient (Wildman–Crippen LogP) is 4.19. The van der Waals surface area contributed by atoms with Gasteiger partial charge in [-0.3, -0.25) is 9.30 Å². The Hall–Kier alpha value is -3.81. The highest BCUT2D eigenvalue weighted by molar-refractivity contribution is 5.73. The van der Waals surface area contributed by atoms with Crippen molar-refractivity contribution >= 4 is 29.4 Å². The number of pyridine rings is 1. The maximum absolute atomic E-state index is 10.6. The number of carboxylic acid groups (broad SMARTS) is 3. The number of hydrogen-bond acceptors (Lipinski definition) is 7. The summed E-state index contributed by atoms with van der Waals surface area (Å²) in [5, 5.41) is 24.9. The average molecular weight is 668 g/mol. The van der Waals surface area contributed by atoms with E-state index in [0.717, 1.165) is 31.2 Å². The van der Waals surface area contributed by atoms with Crippen LogP contribution in [0.15, 0.2) is 24.4 Å². The van der Waals surface area contributed by atoms with E-state index in [1.165, 1.54) is 56.8 Å². The Morgan fingerprint density at radius 2 is 1.31 bits per heavy atom. The maximum Gasteiger partial charge on any atom is 0.490 e. The SMILES string of the molecule is O=C(O)C(F)(F)F.O=C(O)C(F)(F)F.O=C(O)C(F)(F)F.c1cc(N2CCCC2)n2cc(C3CNCCN3CC3CC3)nc2c1. The summed E-state index contributed by atoms with van der Waals surface area (Å²) in [5.41, 5.74) is 2.32. The van der Waals surface area contributed by atoms with Crippen LogP contribution in [0, 0.1) is 5.92 Å². The van der Waals surface area contributed by atoms with Crippen LogP contribution < -0.4 is 10.2 Å². The largest absolute Gasteiger partial charge is 0.490 e. The highest BCUT2D eigenvalue weighted by Gasteiger charge is 2.39. The van der Waals surface area contributed by atoms with Gasteiger partial charge in [0.25, 0.3) is 0 Å². The summed E-state index contributed by atoms with van der Waals surface area (Å²) in [6.07, 6.45) is -7.51. The molecule has 4 heterocycles. The lowest BCUT2D eigenvalue weighted by molar-refractivity contribution is -0.193. The van der Waals surface area contributed by atoms with Crippen LogP contribution >= 0.6 is 0 Å². The number of alkyl halides is 9. The summed E-state index contributed by atoms with van der Waals surface area (Å²) >= 11 is 0. The maximum atomic E-state index is 10.6. The molecule has 2 saturated heterocycles. The number of carbonyl (C=O) groups is 3. The number of anilines is 1. The Bertz CT molecular complexity index is 1230. The van der Waals surface area contributed by atoms with Crippen LogP contribution in [0.5, 0.6) is 0 Å². The molecule has 3 fully saturated rings. The van der Waals surface area contributed by atoms with Crippen LogP contribution in [0.2, 0.25) is 0 Å². The zero-order chi connectivity index (χ0) is 34.2. The van der Waals surface area contributed by atoms with Crippen LogP contribution in [0.25, 0.3) is 5.65 Å². The van der Waals surface area contributed by atoms with Crippen molar-refractivity contribution in [3.05, 3.63) is 30.1 Å². The molecule has 0 radical (unpaired) electrons. The van der Waals surface area contributed by atoms with E-state index in [9.17, 15) is 39.5 Å². The average Bonchev–Trinajstić information content (AvgIpc) is 3.39. The molecule has 2 aliphatic heterocycles. The van der Waals surface area contributed by atoms with Gasteiger partial charge in [0.05, 0.1) is 11.7 Å². The third-order valence-corrected chi connectivity index (χ3v) is 6.53. The molecule has 2 aromatic rings. The van der Waals surface area contributed by atoms with E-state index in [4.69, 9.17) is 34.7 Å². The van der Waals surface area contributed by atoms with Crippen LogP contribution in [0.3, 0.4) is 0 Å². The molecule has 20 heteroatoms. The topological polar surface area (TPSA) is 148 Å². The van der Waals surface area contributed by atoms with Gasteiger partial charge in [-0.15, -0.1) is 0 Å². The van der Waals surface area contributed by atoms with Crippen molar-refractivity contribution in [3.63, 3.8) is 0 Å². The van der Waals surface area contributed by atoms with Crippen LogP contribution in [-0.4, -0.2) is 105 Å². The number of aromatic nitrogens is 2. The first-order valence-electron chi connectivity index (χ1n) is 13.3. The lowest BCUT2D eigenvalue weighted by Crippen LogP contribution is -2.46. The first-order chi connectivity index (χ1) is 20.7. The third kappa shape index (κ3) is 12.2. The second-order valence-corrected chi connectivity index (χ2v) is 10.0. The summed E-state index contributed by atoms with van der Waals surface area (Å²) < 4.78 is 97.5. The first kappa shape index (κ1) is 37.4. The quantitative estimate of drug-likeness (QED) is 0.350. The summed E-state index contributed by atoms with van der Waals surface area (Å²) in [5.74, 6) is -6.03. The molecular weight excluding hydrogens is 637 g/mol. The monoisotopic (exact) mass is 667 g/mol. The Balaban J connectivity index is 0.000000277. The van der Waals surface area contributed by atoms with Crippen molar-refractivity contribution in [2.45, 2.75) is 50.3 Å². The number of nitrogens with one attached hydrogen (secondary N) is 1. The van der Waals surface area contributed by atoms with Gasteiger partial charge in [-0.1, -0.05) is 6.07 Å². The second-order valence-electron chi connectivity index (χ2n) is 10.0.